The van der Waals surface area contributed by atoms with Gasteiger partial charge in [0.25, 0.3) is 0 Å². The normalized spacial score (nSPS) is 21.4. The molecule has 1 aliphatic heterocycles. The smallest absolute Gasteiger partial charge is 0.409 e. The van der Waals surface area contributed by atoms with Crippen LogP contribution in [0.4, 0.5) is 4.79 Å². The van der Waals surface area contributed by atoms with Gasteiger partial charge in [-0.05, 0) is 19.3 Å². The van der Waals surface area contributed by atoms with Gasteiger partial charge in [0.15, 0.2) is 0 Å². The average Bonchev–Trinajstić information content (AvgIpc) is 2.85. The van der Waals surface area contributed by atoms with E-state index in [0.717, 1.165) is 38.6 Å². The Hall–Kier alpha value is -1.26. The molecule has 1 saturated heterocycles. The first-order valence-electron chi connectivity index (χ1n) is 6.47. The third kappa shape index (κ3) is 3.35. The lowest BCUT2D eigenvalue weighted by atomic mass is 10.1. The molecule has 0 radical (unpaired) electrons. The molecule has 17 heavy (non-hydrogen) atoms. The predicted octanol–water partition coefficient (Wildman–Crippen LogP) is 1.14. The number of hydrogen-bond acceptors (Lipinski definition) is 3. The summed E-state index contributed by atoms with van der Waals surface area (Å²) in [6, 6.07) is 0. The van der Waals surface area contributed by atoms with E-state index in [4.69, 9.17) is 4.74 Å². The van der Waals surface area contributed by atoms with E-state index in [0.29, 0.717) is 19.7 Å². The molecule has 1 aliphatic carbocycles. The minimum Gasteiger partial charge on any atom is -0.449 e. The first kappa shape index (κ1) is 12.2. The molecule has 1 saturated carbocycles. The minimum absolute atomic E-state index is 0.146. The Labute approximate surface area is 101 Å². The van der Waals surface area contributed by atoms with Gasteiger partial charge in [0, 0.05) is 25.6 Å². The lowest BCUT2D eigenvalue weighted by Gasteiger charge is -2.26. The number of cyclic esters (lactones) is 1. The SMILES string of the molecule is O=C(NCCN1CCCOC1=O)C1CCCC1. The van der Waals surface area contributed by atoms with Gasteiger partial charge in [0.05, 0.1) is 6.61 Å². The Morgan fingerprint density at radius 3 is 2.82 bits per heavy atom. The number of ether oxygens (including phenoxy) is 1. The molecule has 0 spiro atoms. The molecule has 0 aromatic heterocycles. The van der Waals surface area contributed by atoms with Gasteiger partial charge >= 0.3 is 6.09 Å². The average molecular weight is 240 g/mol. The summed E-state index contributed by atoms with van der Waals surface area (Å²) in [5.74, 6) is 0.344. The third-order valence-electron chi connectivity index (χ3n) is 3.46. The minimum atomic E-state index is -0.258. The second kappa shape index (κ2) is 5.89. The number of amides is 2. The van der Waals surface area contributed by atoms with Crippen LogP contribution >= 0.6 is 0 Å². The van der Waals surface area contributed by atoms with Crippen molar-refractivity contribution in [1.29, 1.82) is 0 Å². The van der Waals surface area contributed by atoms with E-state index in [-0.39, 0.29) is 17.9 Å². The first-order chi connectivity index (χ1) is 8.27. The molecule has 2 fully saturated rings. The van der Waals surface area contributed by atoms with Crippen LogP contribution in [-0.2, 0) is 9.53 Å². The summed E-state index contributed by atoms with van der Waals surface area (Å²) in [6.45, 7) is 2.34. The number of nitrogens with one attached hydrogen (secondary N) is 1. The summed E-state index contributed by atoms with van der Waals surface area (Å²) in [5, 5.41) is 2.90. The molecule has 96 valence electrons. The standard InChI is InChI=1S/C12H20N2O3/c15-11(10-4-1-2-5-10)13-6-8-14-7-3-9-17-12(14)16/h10H,1-9H2,(H,13,15). The molecule has 2 rings (SSSR count). The van der Waals surface area contributed by atoms with Crippen molar-refractivity contribution in [2.24, 2.45) is 5.92 Å². The zero-order chi connectivity index (χ0) is 12.1. The molecule has 5 heteroatoms. The van der Waals surface area contributed by atoms with Crippen molar-refractivity contribution in [3.05, 3.63) is 0 Å². The van der Waals surface area contributed by atoms with Gasteiger partial charge in [-0.3, -0.25) is 4.79 Å². The Morgan fingerprint density at radius 1 is 1.35 bits per heavy atom. The lowest BCUT2D eigenvalue weighted by molar-refractivity contribution is -0.124. The Bertz CT molecular complexity index is 287. The quantitative estimate of drug-likeness (QED) is 0.801. The summed E-state index contributed by atoms with van der Waals surface area (Å²) in [5.41, 5.74) is 0. The zero-order valence-electron chi connectivity index (χ0n) is 10.1. The van der Waals surface area contributed by atoms with Crippen LogP contribution in [0.15, 0.2) is 0 Å². The monoisotopic (exact) mass is 240 g/mol. The summed E-state index contributed by atoms with van der Waals surface area (Å²) in [7, 11) is 0. The molecule has 5 nitrogen and oxygen atoms in total. The largest absolute Gasteiger partial charge is 0.449 e. The van der Waals surface area contributed by atoms with E-state index in [1.54, 1.807) is 4.90 Å². The fourth-order valence-electron chi connectivity index (χ4n) is 2.45. The van der Waals surface area contributed by atoms with Gasteiger partial charge in [-0.15, -0.1) is 0 Å². The van der Waals surface area contributed by atoms with Crippen LogP contribution in [0.5, 0.6) is 0 Å². The number of carbonyl (C=O) groups is 2. The second-order valence-corrected chi connectivity index (χ2v) is 4.73. The maximum Gasteiger partial charge on any atom is 0.409 e. The Morgan fingerprint density at radius 2 is 2.12 bits per heavy atom. The van der Waals surface area contributed by atoms with Gasteiger partial charge in [-0.1, -0.05) is 12.8 Å². The molecule has 2 amide bonds. The molecular formula is C12H20N2O3. The molecule has 1 heterocycles. The van der Waals surface area contributed by atoms with Crippen molar-refractivity contribution in [2.45, 2.75) is 32.1 Å². The van der Waals surface area contributed by atoms with Crippen LogP contribution in [0.25, 0.3) is 0 Å². The molecule has 0 bridgehead atoms. The van der Waals surface area contributed by atoms with Gasteiger partial charge in [-0.2, -0.15) is 0 Å². The highest BCUT2D eigenvalue weighted by Crippen LogP contribution is 2.24. The van der Waals surface area contributed by atoms with Crippen molar-refractivity contribution in [3.63, 3.8) is 0 Å². The number of carbonyl (C=O) groups excluding carboxylic acids is 2. The summed E-state index contributed by atoms with van der Waals surface area (Å²) in [6.07, 6.45) is 4.97. The van der Waals surface area contributed by atoms with Crippen LogP contribution in [0.1, 0.15) is 32.1 Å². The molecule has 0 aromatic carbocycles. The van der Waals surface area contributed by atoms with Gasteiger partial charge in [-0.25, -0.2) is 4.79 Å². The van der Waals surface area contributed by atoms with Crippen LogP contribution in [0.2, 0.25) is 0 Å². The van der Waals surface area contributed by atoms with Crippen LogP contribution < -0.4 is 5.32 Å². The number of hydrogen-bond donors (Lipinski definition) is 1. The highest BCUT2D eigenvalue weighted by Gasteiger charge is 2.23. The Kier molecular flexibility index (Phi) is 4.23. The van der Waals surface area contributed by atoms with Crippen molar-refractivity contribution in [2.75, 3.05) is 26.2 Å². The highest BCUT2D eigenvalue weighted by atomic mass is 16.6. The molecule has 2 aliphatic rings. The highest BCUT2D eigenvalue weighted by molar-refractivity contribution is 5.78. The fraction of sp³-hybridized carbons (Fsp3) is 0.833. The predicted molar refractivity (Wildman–Crippen MR) is 62.5 cm³/mol. The lowest BCUT2D eigenvalue weighted by Crippen LogP contribution is -2.43. The van der Waals surface area contributed by atoms with E-state index in [1.165, 1.54) is 0 Å². The zero-order valence-corrected chi connectivity index (χ0v) is 10.1. The summed E-state index contributed by atoms with van der Waals surface area (Å²) < 4.78 is 4.92. The maximum absolute atomic E-state index is 11.7. The van der Waals surface area contributed by atoms with Crippen LogP contribution in [0.3, 0.4) is 0 Å². The number of rotatable bonds is 4. The topological polar surface area (TPSA) is 58.6 Å². The van der Waals surface area contributed by atoms with Crippen molar-refractivity contribution >= 4 is 12.0 Å². The first-order valence-corrected chi connectivity index (χ1v) is 6.47. The van der Waals surface area contributed by atoms with Crippen molar-refractivity contribution < 1.29 is 14.3 Å². The van der Waals surface area contributed by atoms with Crippen LogP contribution in [-0.4, -0.2) is 43.1 Å². The fourth-order valence-corrected chi connectivity index (χ4v) is 2.45. The van der Waals surface area contributed by atoms with E-state index in [2.05, 4.69) is 5.32 Å². The van der Waals surface area contributed by atoms with Gasteiger partial charge in [0.1, 0.15) is 0 Å². The van der Waals surface area contributed by atoms with E-state index < -0.39 is 0 Å². The molecular weight excluding hydrogens is 220 g/mol. The van der Waals surface area contributed by atoms with Gasteiger partial charge in [0.2, 0.25) is 5.91 Å². The Balaban J connectivity index is 1.64. The molecule has 0 atom stereocenters. The molecule has 1 N–H and O–H groups in total. The van der Waals surface area contributed by atoms with E-state index in [9.17, 15) is 9.59 Å². The summed E-state index contributed by atoms with van der Waals surface area (Å²) >= 11 is 0. The van der Waals surface area contributed by atoms with Crippen molar-refractivity contribution in [1.82, 2.24) is 10.2 Å². The van der Waals surface area contributed by atoms with Gasteiger partial charge < -0.3 is 15.0 Å². The maximum atomic E-state index is 11.7. The molecule has 0 aromatic rings. The second-order valence-electron chi connectivity index (χ2n) is 4.73. The summed E-state index contributed by atoms with van der Waals surface area (Å²) in [4.78, 5) is 24.7. The van der Waals surface area contributed by atoms with E-state index in [1.807, 2.05) is 0 Å². The number of nitrogens with zero attached hydrogens (tertiary/aromatic N) is 1. The van der Waals surface area contributed by atoms with Crippen molar-refractivity contribution in [3.8, 4) is 0 Å². The third-order valence-corrected chi connectivity index (χ3v) is 3.46. The van der Waals surface area contributed by atoms with E-state index >= 15 is 0 Å². The molecule has 0 unspecified atom stereocenters. The van der Waals surface area contributed by atoms with Crippen LogP contribution in [0, 0.1) is 5.92 Å².